The van der Waals surface area contributed by atoms with Gasteiger partial charge in [0.1, 0.15) is 11.6 Å². The molecule has 20 heavy (non-hydrogen) atoms. The largest absolute Gasteiger partial charge is 0.394 e. The summed E-state index contributed by atoms with van der Waals surface area (Å²) in [6, 6.07) is 7.04. The van der Waals surface area contributed by atoms with Crippen LogP contribution in [0.15, 0.2) is 24.3 Å². The summed E-state index contributed by atoms with van der Waals surface area (Å²) in [5.74, 6) is 0.643. The fourth-order valence-electron chi connectivity index (χ4n) is 2.13. The van der Waals surface area contributed by atoms with Crippen molar-refractivity contribution in [3.05, 3.63) is 41.3 Å². The van der Waals surface area contributed by atoms with E-state index >= 15 is 0 Å². The first-order chi connectivity index (χ1) is 9.50. The van der Waals surface area contributed by atoms with E-state index in [0.717, 1.165) is 11.5 Å². The van der Waals surface area contributed by atoms with E-state index in [1.807, 2.05) is 31.5 Å². The molecule has 0 aliphatic carbocycles. The summed E-state index contributed by atoms with van der Waals surface area (Å²) in [5, 5.41) is 7.68. The minimum atomic E-state index is -0.171. The van der Waals surface area contributed by atoms with Gasteiger partial charge in [0.25, 0.3) is 0 Å². The lowest BCUT2D eigenvalue weighted by molar-refractivity contribution is 0.534. The van der Waals surface area contributed by atoms with Gasteiger partial charge >= 0.3 is 0 Å². The molecule has 0 aliphatic rings. The number of anilines is 2. The average molecular weight is 276 g/mol. The maximum Gasteiger partial charge on any atom is 0.148 e. The second-order valence-electron chi connectivity index (χ2n) is 5.15. The van der Waals surface area contributed by atoms with Gasteiger partial charge < -0.3 is 11.1 Å². The Labute approximate surface area is 118 Å². The van der Waals surface area contributed by atoms with Crippen LogP contribution in [0.1, 0.15) is 31.1 Å². The highest BCUT2D eigenvalue weighted by molar-refractivity contribution is 5.64. The molecule has 2 rings (SSSR count). The third-order valence-corrected chi connectivity index (χ3v) is 3.27. The lowest BCUT2D eigenvalue weighted by Crippen LogP contribution is -2.13. The van der Waals surface area contributed by atoms with Crippen LogP contribution >= 0.6 is 0 Å². The van der Waals surface area contributed by atoms with Gasteiger partial charge in [0, 0.05) is 12.6 Å². The molecule has 0 spiro atoms. The molecule has 0 saturated carbocycles. The van der Waals surface area contributed by atoms with Crippen LogP contribution in [0.5, 0.6) is 0 Å². The van der Waals surface area contributed by atoms with E-state index in [1.54, 1.807) is 12.1 Å². The van der Waals surface area contributed by atoms with E-state index in [0.29, 0.717) is 24.2 Å². The molecule has 0 saturated heterocycles. The number of nitrogens with one attached hydrogen (secondary N) is 1. The van der Waals surface area contributed by atoms with Crippen molar-refractivity contribution in [2.75, 3.05) is 17.6 Å². The number of hydrogen-bond acceptors (Lipinski definition) is 3. The highest BCUT2D eigenvalue weighted by Gasteiger charge is 2.14. The van der Waals surface area contributed by atoms with Gasteiger partial charge in [-0.15, -0.1) is 0 Å². The summed E-state index contributed by atoms with van der Waals surface area (Å²) in [6.07, 6.45) is 0.606. The molecule has 0 radical (unpaired) electrons. The van der Waals surface area contributed by atoms with Crippen molar-refractivity contribution in [1.29, 1.82) is 0 Å². The van der Waals surface area contributed by atoms with Gasteiger partial charge in [-0.05, 0) is 38.8 Å². The Morgan fingerprint density at radius 1 is 1.35 bits per heavy atom. The Balaban J connectivity index is 2.06. The maximum absolute atomic E-state index is 13.5. The first-order valence-electron chi connectivity index (χ1n) is 6.82. The van der Waals surface area contributed by atoms with Crippen molar-refractivity contribution >= 4 is 11.5 Å². The Kier molecular flexibility index (Phi) is 4.27. The predicted molar refractivity (Wildman–Crippen MR) is 80.4 cm³/mol. The van der Waals surface area contributed by atoms with Crippen molar-refractivity contribution in [3.63, 3.8) is 0 Å². The van der Waals surface area contributed by atoms with E-state index in [9.17, 15) is 4.39 Å². The van der Waals surface area contributed by atoms with E-state index in [-0.39, 0.29) is 11.9 Å². The van der Waals surface area contributed by atoms with E-state index < -0.39 is 0 Å². The first kappa shape index (κ1) is 14.4. The molecule has 0 bridgehead atoms. The second kappa shape index (κ2) is 5.94. The molecule has 1 heterocycles. The number of aromatic nitrogens is 2. The van der Waals surface area contributed by atoms with E-state index in [2.05, 4.69) is 10.4 Å². The van der Waals surface area contributed by atoms with Crippen LogP contribution in [-0.2, 0) is 6.42 Å². The molecule has 2 aromatic rings. The number of rotatable bonds is 5. The monoisotopic (exact) mass is 276 g/mol. The summed E-state index contributed by atoms with van der Waals surface area (Å²) >= 11 is 0. The van der Waals surface area contributed by atoms with Crippen LogP contribution < -0.4 is 11.1 Å². The number of aryl methyl sites for hydroxylation is 1. The molecule has 0 aliphatic heterocycles. The Morgan fingerprint density at radius 3 is 2.70 bits per heavy atom. The lowest BCUT2D eigenvalue weighted by Gasteiger charge is -2.13. The third-order valence-electron chi connectivity index (χ3n) is 3.27. The van der Waals surface area contributed by atoms with Crippen LogP contribution in [0.4, 0.5) is 15.9 Å². The van der Waals surface area contributed by atoms with Crippen LogP contribution in [0.25, 0.3) is 0 Å². The molecule has 0 amide bonds. The van der Waals surface area contributed by atoms with Crippen molar-refractivity contribution < 1.29 is 4.39 Å². The fraction of sp³-hybridized carbons (Fsp3) is 0.400. The summed E-state index contributed by atoms with van der Waals surface area (Å²) in [6.45, 7) is 6.60. The van der Waals surface area contributed by atoms with E-state index in [1.165, 1.54) is 6.07 Å². The zero-order valence-corrected chi connectivity index (χ0v) is 12.2. The fourth-order valence-corrected chi connectivity index (χ4v) is 2.13. The Hall–Kier alpha value is -2.04. The molecule has 0 fully saturated rings. The van der Waals surface area contributed by atoms with Gasteiger partial charge in [-0.1, -0.05) is 18.2 Å². The minimum absolute atomic E-state index is 0.171. The van der Waals surface area contributed by atoms with Crippen LogP contribution in [0.3, 0.4) is 0 Å². The van der Waals surface area contributed by atoms with Crippen LogP contribution in [0, 0.1) is 12.7 Å². The Bertz CT molecular complexity index is 590. The average Bonchev–Trinajstić information content (AvgIpc) is 2.69. The van der Waals surface area contributed by atoms with Gasteiger partial charge in [-0.2, -0.15) is 5.10 Å². The predicted octanol–water partition coefficient (Wildman–Crippen LogP) is 3.15. The van der Waals surface area contributed by atoms with Gasteiger partial charge in [0.15, 0.2) is 0 Å². The number of benzene rings is 1. The van der Waals surface area contributed by atoms with Crippen LogP contribution in [0.2, 0.25) is 0 Å². The summed E-state index contributed by atoms with van der Waals surface area (Å²) in [4.78, 5) is 0. The van der Waals surface area contributed by atoms with Gasteiger partial charge in [0.2, 0.25) is 0 Å². The number of nitrogens with zero attached hydrogens (tertiary/aromatic N) is 2. The molecule has 3 N–H and O–H groups in total. The van der Waals surface area contributed by atoms with Crippen molar-refractivity contribution in [3.8, 4) is 0 Å². The maximum atomic E-state index is 13.5. The number of nitrogens with two attached hydrogens (primary N) is 1. The molecular weight excluding hydrogens is 255 g/mol. The molecule has 1 aromatic carbocycles. The summed E-state index contributed by atoms with van der Waals surface area (Å²) in [7, 11) is 0. The van der Waals surface area contributed by atoms with Crippen molar-refractivity contribution in [2.24, 2.45) is 0 Å². The highest BCUT2D eigenvalue weighted by atomic mass is 19.1. The molecular formula is C15H21FN4. The molecule has 5 heteroatoms. The van der Waals surface area contributed by atoms with Gasteiger partial charge in [0.05, 0.1) is 11.4 Å². The van der Waals surface area contributed by atoms with Crippen LogP contribution in [-0.4, -0.2) is 16.3 Å². The first-order valence-corrected chi connectivity index (χ1v) is 6.82. The second-order valence-corrected chi connectivity index (χ2v) is 5.15. The standard InChI is InChI=1S/C15H21FN4/c1-10(2)20-15(14(17)11(3)19-20)18-9-8-12-6-4-5-7-13(12)16/h4-7,10,18H,8-9,17H2,1-3H3. The topological polar surface area (TPSA) is 55.9 Å². The summed E-state index contributed by atoms with van der Waals surface area (Å²) in [5.41, 5.74) is 8.20. The SMILES string of the molecule is Cc1nn(C(C)C)c(NCCc2ccccc2F)c1N. The number of halogens is 1. The zero-order valence-electron chi connectivity index (χ0n) is 12.2. The third kappa shape index (κ3) is 2.92. The number of hydrogen-bond donors (Lipinski definition) is 2. The molecule has 0 atom stereocenters. The van der Waals surface area contributed by atoms with Gasteiger partial charge in [-0.25, -0.2) is 9.07 Å². The van der Waals surface area contributed by atoms with E-state index in [4.69, 9.17) is 5.73 Å². The van der Waals surface area contributed by atoms with Gasteiger partial charge in [-0.3, -0.25) is 0 Å². The smallest absolute Gasteiger partial charge is 0.148 e. The number of nitrogen functional groups attached to an aromatic ring is 1. The highest BCUT2D eigenvalue weighted by Crippen LogP contribution is 2.25. The zero-order chi connectivity index (χ0) is 14.7. The molecule has 4 nitrogen and oxygen atoms in total. The molecule has 0 unspecified atom stereocenters. The Morgan fingerprint density at radius 2 is 2.05 bits per heavy atom. The summed E-state index contributed by atoms with van der Waals surface area (Å²) < 4.78 is 15.4. The van der Waals surface area contributed by atoms with Crippen molar-refractivity contribution in [1.82, 2.24) is 9.78 Å². The molecule has 1 aromatic heterocycles. The minimum Gasteiger partial charge on any atom is -0.394 e. The lowest BCUT2D eigenvalue weighted by atomic mass is 10.1. The molecule has 108 valence electrons. The van der Waals surface area contributed by atoms with Crippen molar-refractivity contribution in [2.45, 2.75) is 33.2 Å². The normalized spacial score (nSPS) is 11.1. The quantitative estimate of drug-likeness (QED) is 0.882.